The molecule has 1 aromatic carbocycles. The molecule has 4 N–H and O–H groups in total. The molecule has 1 aromatic rings. The van der Waals surface area contributed by atoms with Crippen molar-refractivity contribution in [3.63, 3.8) is 0 Å². The molecule has 48 heavy (non-hydrogen) atoms. The van der Waals surface area contributed by atoms with Crippen LogP contribution in [0.3, 0.4) is 0 Å². The minimum atomic E-state index is -1.19. The number of benzene rings is 1. The first-order valence-corrected chi connectivity index (χ1v) is 17.2. The summed E-state index contributed by atoms with van der Waals surface area (Å²) in [4.78, 5) is 68.1. The van der Waals surface area contributed by atoms with Gasteiger partial charge in [0.05, 0.1) is 37.1 Å². The molecule has 12 heteroatoms. The van der Waals surface area contributed by atoms with Crippen molar-refractivity contribution in [1.82, 2.24) is 20.4 Å². The van der Waals surface area contributed by atoms with Crippen LogP contribution in [0, 0.1) is 17.8 Å². The Bertz CT molecular complexity index is 1210. The number of aliphatic carboxylic acids is 1. The average molecular weight is 675 g/mol. The largest absolute Gasteiger partial charge is 0.480 e. The maximum Gasteiger partial charge on any atom is 0.326 e. The standard InChI is InChI=1S/C36H58N4O8/c1-9-24(6)34(39(7)35(45)33(23(4)5)38-30(42)18-22(2)3)29(48-8)21-32(44)40-17-13-16-27(40)28(41)20-31(43)37-26(36(46)47)19-25-14-11-10-12-15-25/h10-12,14-15,22-24,26-29,33-34,41H,9,13,16-21H2,1-8H3,(H,37,43)(H,38,42)(H,46,47)/t24?,26-,27-,28+,29+,33-,34-/m0/s1. The molecule has 0 saturated carbocycles. The number of hydrogen-bond donors (Lipinski definition) is 4. The zero-order valence-electron chi connectivity index (χ0n) is 30.0. The fourth-order valence-electron chi connectivity index (χ4n) is 6.49. The lowest BCUT2D eigenvalue weighted by Gasteiger charge is -2.40. The van der Waals surface area contributed by atoms with Gasteiger partial charge in [-0.2, -0.15) is 0 Å². The van der Waals surface area contributed by atoms with Crippen LogP contribution in [-0.4, -0.2) is 107 Å². The van der Waals surface area contributed by atoms with Gasteiger partial charge in [0.15, 0.2) is 0 Å². The topological polar surface area (TPSA) is 166 Å². The molecule has 12 nitrogen and oxygen atoms in total. The summed E-state index contributed by atoms with van der Waals surface area (Å²) in [6.45, 7) is 12.0. The highest BCUT2D eigenvalue weighted by molar-refractivity contribution is 5.88. The van der Waals surface area contributed by atoms with E-state index in [0.29, 0.717) is 32.2 Å². The van der Waals surface area contributed by atoms with Crippen molar-refractivity contribution in [2.24, 2.45) is 17.8 Å². The Morgan fingerprint density at radius 2 is 1.60 bits per heavy atom. The SMILES string of the molecule is CCC(C)[C@@H]([C@@H](CC(=O)N1CCC[C@H]1[C@H](O)CC(=O)N[C@@H](Cc1ccccc1)C(=O)O)OC)N(C)C(=O)[C@@H](NC(=O)CC(C)C)C(C)C. The van der Waals surface area contributed by atoms with Gasteiger partial charge in [0.2, 0.25) is 23.6 Å². The van der Waals surface area contributed by atoms with Crippen LogP contribution < -0.4 is 10.6 Å². The number of rotatable bonds is 19. The Kier molecular flexibility index (Phi) is 16.5. The predicted octanol–water partition coefficient (Wildman–Crippen LogP) is 3.01. The molecule has 0 spiro atoms. The van der Waals surface area contributed by atoms with E-state index in [4.69, 9.17) is 4.74 Å². The van der Waals surface area contributed by atoms with Crippen LogP contribution in [0.5, 0.6) is 0 Å². The van der Waals surface area contributed by atoms with E-state index >= 15 is 0 Å². The third kappa shape index (κ3) is 11.9. The maximum atomic E-state index is 13.8. The van der Waals surface area contributed by atoms with Gasteiger partial charge in [-0.05, 0) is 36.2 Å². The molecule has 0 radical (unpaired) electrons. The lowest BCUT2D eigenvalue weighted by atomic mass is 9.89. The second-order valence-electron chi connectivity index (χ2n) is 13.9. The molecule has 0 bridgehead atoms. The molecule has 2 rings (SSSR count). The number of aliphatic hydroxyl groups is 1. The number of aliphatic hydroxyl groups excluding tert-OH is 1. The van der Waals surface area contributed by atoms with Gasteiger partial charge in [-0.1, -0.05) is 78.3 Å². The van der Waals surface area contributed by atoms with Crippen LogP contribution >= 0.6 is 0 Å². The number of amides is 4. The molecule has 0 aliphatic carbocycles. The number of likely N-dealkylation sites (tertiary alicyclic amines) is 1. The number of methoxy groups -OCH3 is 1. The third-order valence-corrected chi connectivity index (χ3v) is 9.30. The smallest absolute Gasteiger partial charge is 0.326 e. The van der Waals surface area contributed by atoms with E-state index in [2.05, 4.69) is 10.6 Å². The van der Waals surface area contributed by atoms with Gasteiger partial charge in [-0.15, -0.1) is 0 Å². The number of carbonyl (C=O) groups excluding carboxylic acids is 4. The van der Waals surface area contributed by atoms with Crippen LogP contribution in [0.15, 0.2) is 30.3 Å². The Hall–Kier alpha value is -3.51. The molecule has 270 valence electrons. The van der Waals surface area contributed by atoms with E-state index in [-0.39, 0.29) is 54.7 Å². The Labute approximate surface area is 286 Å². The van der Waals surface area contributed by atoms with E-state index in [1.807, 2.05) is 47.6 Å². The van der Waals surface area contributed by atoms with Crippen molar-refractivity contribution in [1.29, 1.82) is 0 Å². The minimum Gasteiger partial charge on any atom is -0.480 e. The highest BCUT2D eigenvalue weighted by Gasteiger charge is 2.41. The van der Waals surface area contributed by atoms with Gasteiger partial charge in [0.1, 0.15) is 12.1 Å². The van der Waals surface area contributed by atoms with Crippen molar-refractivity contribution in [2.45, 2.75) is 123 Å². The maximum absolute atomic E-state index is 13.8. The van der Waals surface area contributed by atoms with Crippen molar-refractivity contribution in [3.8, 4) is 0 Å². The van der Waals surface area contributed by atoms with Gasteiger partial charge >= 0.3 is 5.97 Å². The number of ether oxygens (including phenoxy) is 1. The van der Waals surface area contributed by atoms with Crippen LogP contribution in [-0.2, 0) is 35.1 Å². The van der Waals surface area contributed by atoms with Crippen molar-refractivity contribution >= 4 is 29.6 Å². The molecule has 4 amide bonds. The molecule has 1 saturated heterocycles. The van der Waals surface area contributed by atoms with Gasteiger partial charge in [-0.25, -0.2) is 4.79 Å². The monoisotopic (exact) mass is 674 g/mol. The van der Waals surface area contributed by atoms with E-state index in [1.54, 1.807) is 41.1 Å². The van der Waals surface area contributed by atoms with E-state index < -0.39 is 48.3 Å². The Morgan fingerprint density at radius 3 is 2.15 bits per heavy atom. The molecule has 1 aliphatic rings. The molecule has 1 heterocycles. The van der Waals surface area contributed by atoms with Gasteiger partial charge in [0, 0.05) is 33.5 Å². The summed E-state index contributed by atoms with van der Waals surface area (Å²) in [5.74, 6) is -2.57. The van der Waals surface area contributed by atoms with Crippen LogP contribution in [0.1, 0.15) is 85.6 Å². The summed E-state index contributed by atoms with van der Waals surface area (Å²) in [5.41, 5.74) is 0.754. The summed E-state index contributed by atoms with van der Waals surface area (Å²) in [7, 11) is 3.19. The number of likely N-dealkylation sites (N-methyl/N-ethyl adjacent to an activating group) is 1. The Balaban J connectivity index is 2.14. The fraction of sp³-hybridized carbons (Fsp3) is 0.694. The van der Waals surface area contributed by atoms with Crippen molar-refractivity contribution < 1.29 is 38.9 Å². The van der Waals surface area contributed by atoms with Crippen molar-refractivity contribution in [3.05, 3.63) is 35.9 Å². The Morgan fingerprint density at radius 1 is 0.979 bits per heavy atom. The zero-order valence-corrected chi connectivity index (χ0v) is 30.0. The molecule has 1 unspecified atom stereocenters. The minimum absolute atomic E-state index is 0.0439. The van der Waals surface area contributed by atoms with E-state index in [1.165, 1.54) is 7.11 Å². The summed E-state index contributed by atoms with van der Waals surface area (Å²) in [6, 6.07) is 5.95. The number of hydrogen-bond acceptors (Lipinski definition) is 7. The highest BCUT2D eigenvalue weighted by atomic mass is 16.5. The van der Waals surface area contributed by atoms with Crippen LogP contribution in [0.4, 0.5) is 0 Å². The van der Waals surface area contributed by atoms with Crippen LogP contribution in [0.2, 0.25) is 0 Å². The molecule has 0 aromatic heterocycles. The molecule has 1 fully saturated rings. The normalized spacial score (nSPS) is 18.5. The quantitative estimate of drug-likeness (QED) is 0.174. The van der Waals surface area contributed by atoms with Crippen molar-refractivity contribution in [2.75, 3.05) is 20.7 Å². The number of carboxylic acids is 1. The number of nitrogens with one attached hydrogen (secondary N) is 2. The first kappa shape index (κ1) is 40.7. The number of nitrogens with zero attached hydrogens (tertiary/aromatic N) is 2. The highest BCUT2D eigenvalue weighted by Crippen LogP contribution is 2.27. The van der Waals surface area contributed by atoms with Gasteiger partial charge < -0.3 is 35.4 Å². The lowest BCUT2D eigenvalue weighted by Crippen LogP contribution is -2.57. The van der Waals surface area contributed by atoms with E-state index in [9.17, 15) is 34.2 Å². The number of carboxylic acid groups (broad SMARTS) is 1. The second kappa shape index (κ2) is 19.5. The molecular formula is C36H58N4O8. The summed E-state index contributed by atoms with van der Waals surface area (Å²) in [6.07, 6.45) is -0.0271. The second-order valence-corrected chi connectivity index (χ2v) is 13.9. The number of carbonyl (C=O) groups is 5. The molecule has 7 atom stereocenters. The first-order chi connectivity index (χ1) is 22.6. The predicted molar refractivity (Wildman–Crippen MR) is 183 cm³/mol. The van der Waals surface area contributed by atoms with Gasteiger partial charge in [-0.3, -0.25) is 19.2 Å². The third-order valence-electron chi connectivity index (χ3n) is 9.30. The molecule has 1 aliphatic heterocycles. The van der Waals surface area contributed by atoms with Crippen LogP contribution in [0.25, 0.3) is 0 Å². The first-order valence-electron chi connectivity index (χ1n) is 17.2. The summed E-state index contributed by atoms with van der Waals surface area (Å²) < 4.78 is 5.88. The summed E-state index contributed by atoms with van der Waals surface area (Å²) in [5, 5.41) is 26.2. The van der Waals surface area contributed by atoms with Gasteiger partial charge in [0.25, 0.3) is 0 Å². The zero-order chi connectivity index (χ0) is 36.1. The average Bonchev–Trinajstić information content (AvgIpc) is 3.53. The summed E-state index contributed by atoms with van der Waals surface area (Å²) >= 11 is 0. The lowest BCUT2D eigenvalue weighted by molar-refractivity contribution is -0.146. The molecular weight excluding hydrogens is 616 g/mol. The van der Waals surface area contributed by atoms with E-state index in [0.717, 1.165) is 5.56 Å². The fourth-order valence-corrected chi connectivity index (χ4v) is 6.49.